The van der Waals surface area contributed by atoms with Gasteiger partial charge in [-0.2, -0.15) is 0 Å². The molecule has 2 aliphatic heterocycles. The van der Waals surface area contributed by atoms with Crippen molar-refractivity contribution in [3.05, 3.63) is 0 Å². The molecule has 5 heteroatoms. The smallest absolute Gasteiger partial charge is 0.159 e. The maximum atomic E-state index is 12.2. The maximum absolute atomic E-state index is 12.2. The van der Waals surface area contributed by atoms with Gasteiger partial charge in [-0.1, -0.05) is 18.8 Å². The molecule has 2 aliphatic carbocycles. The van der Waals surface area contributed by atoms with E-state index in [2.05, 4.69) is 30.6 Å². The molecule has 2 heterocycles. The summed E-state index contributed by atoms with van der Waals surface area (Å²) in [6.07, 6.45) is 8.76. The van der Waals surface area contributed by atoms with Gasteiger partial charge in [0.05, 0.1) is 12.0 Å². The maximum Gasteiger partial charge on any atom is 0.159 e. The fraction of sp³-hybridized carbons (Fsp3) is 0.815. The molecule has 4 fully saturated rings. The summed E-state index contributed by atoms with van der Waals surface area (Å²) >= 11 is 0. The average Bonchev–Trinajstić information content (AvgIpc) is 3.31. The summed E-state index contributed by atoms with van der Waals surface area (Å²) in [5, 5.41) is 0. The zero-order chi connectivity index (χ0) is 22.3. The molecule has 176 valence electrons. The highest BCUT2D eigenvalue weighted by atomic mass is 16.7. The number of carbonyl (C=O) groups is 1. The van der Waals surface area contributed by atoms with Crippen molar-refractivity contribution in [3.63, 3.8) is 0 Å². The zero-order valence-electron chi connectivity index (χ0n) is 19.6. The van der Waals surface area contributed by atoms with Gasteiger partial charge in [-0.15, -0.1) is 11.8 Å². The van der Waals surface area contributed by atoms with E-state index in [-0.39, 0.29) is 36.6 Å². The molecule has 0 aromatic heterocycles. The van der Waals surface area contributed by atoms with Gasteiger partial charge in [-0.25, -0.2) is 0 Å². The summed E-state index contributed by atoms with van der Waals surface area (Å²) in [4.78, 5) is 12.2. The Kier molecular flexibility index (Phi) is 8.67. The molecule has 0 N–H and O–H groups in total. The molecule has 4 aliphatic rings. The van der Waals surface area contributed by atoms with Crippen LogP contribution in [0.1, 0.15) is 78.1 Å². The lowest BCUT2D eigenvalue weighted by Gasteiger charge is -2.29. The minimum absolute atomic E-state index is 0.0334. The molecule has 0 bridgehead atoms. The largest absolute Gasteiger partial charge is 0.353 e. The van der Waals surface area contributed by atoms with Gasteiger partial charge in [0.25, 0.3) is 0 Å². The molecule has 8 atom stereocenters. The minimum Gasteiger partial charge on any atom is -0.353 e. The highest BCUT2D eigenvalue weighted by Gasteiger charge is 2.49. The Balaban J connectivity index is 1.49. The van der Waals surface area contributed by atoms with Crippen LogP contribution in [0.2, 0.25) is 0 Å². The lowest BCUT2D eigenvalue weighted by atomic mass is 9.91. The van der Waals surface area contributed by atoms with Gasteiger partial charge in [0.2, 0.25) is 0 Å². The van der Waals surface area contributed by atoms with Crippen LogP contribution in [0.5, 0.6) is 0 Å². The van der Waals surface area contributed by atoms with Crippen LogP contribution < -0.4 is 0 Å². The molecule has 32 heavy (non-hydrogen) atoms. The summed E-state index contributed by atoms with van der Waals surface area (Å²) in [6.45, 7) is 5.53. The van der Waals surface area contributed by atoms with Gasteiger partial charge in [0, 0.05) is 38.4 Å². The van der Waals surface area contributed by atoms with Gasteiger partial charge in [0.15, 0.2) is 12.6 Å². The molecule has 0 radical (unpaired) electrons. The van der Waals surface area contributed by atoms with Crippen molar-refractivity contribution in [1.29, 1.82) is 0 Å². The fourth-order valence-corrected chi connectivity index (χ4v) is 5.55. The van der Waals surface area contributed by atoms with Crippen LogP contribution in [0.25, 0.3) is 0 Å². The van der Waals surface area contributed by atoms with Crippen molar-refractivity contribution < 1.29 is 23.7 Å². The number of ketones is 1. The van der Waals surface area contributed by atoms with Crippen LogP contribution in [0.15, 0.2) is 0 Å². The van der Waals surface area contributed by atoms with Crippen LogP contribution in [-0.2, 0) is 23.7 Å². The highest BCUT2D eigenvalue weighted by molar-refractivity contribution is 5.81. The van der Waals surface area contributed by atoms with Crippen LogP contribution in [0, 0.1) is 47.4 Å². The Morgan fingerprint density at radius 3 is 2.50 bits per heavy atom. The molecule has 4 rings (SSSR count). The Bertz CT molecular complexity index is 743. The fourth-order valence-electron chi connectivity index (χ4n) is 5.55. The molecule has 0 amide bonds. The summed E-state index contributed by atoms with van der Waals surface area (Å²) in [6, 6.07) is 0. The van der Waals surface area contributed by atoms with E-state index in [1.165, 1.54) is 0 Å². The summed E-state index contributed by atoms with van der Waals surface area (Å²) < 4.78 is 24.4. The van der Waals surface area contributed by atoms with E-state index in [0.717, 1.165) is 64.6 Å². The van der Waals surface area contributed by atoms with E-state index in [4.69, 9.17) is 18.9 Å². The lowest BCUT2D eigenvalue weighted by molar-refractivity contribution is -0.192. The predicted octanol–water partition coefficient (Wildman–Crippen LogP) is 4.48. The first kappa shape index (κ1) is 23.8. The van der Waals surface area contributed by atoms with Crippen molar-refractivity contribution in [2.24, 2.45) is 23.7 Å². The van der Waals surface area contributed by atoms with E-state index < -0.39 is 0 Å². The first-order valence-corrected chi connectivity index (χ1v) is 12.6. The van der Waals surface area contributed by atoms with Crippen molar-refractivity contribution in [2.75, 3.05) is 13.2 Å². The molecule has 2 saturated carbocycles. The molecule has 0 aromatic carbocycles. The van der Waals surface area contributed by atoms with Crippen molar-refractivity contribution in [1.82, 2.24) is 0 Å². The first-order valence-electron chi connectivity index (χ1n) is 12.6. The Labute approximate surface area is 193 Å². The normalized spacial score (nSPS) is 36.4. The van der Waals surface area contributed by atoms with Gasteiger partial charge in [0.1, 0.15) is 11.9 Å². The second-order valence-electron chi connectivity index (χ2n) is 9.85. The van der Waals surface area contributed by atoms with Crippen molar-refractivity contribution in [3.8, 4) is 23.7 Å². The van der Waals surface area contributed by atoms with Gasteiger partial charge < -0.3 is 18.9 Å². The highest BCUT2D eigenvalue weighted by Crippen LogP contribution is 2.48. The van der Waals surface area contributed by atoms with Crippen LogP contribution in [0.4, 0.5) is 0 Å². The topological polar surface area (TPSA) is 54.0 Å². The van der Waals surface area contributed by atoms with Crippen LogP contribution in [-0.4, -0.2) is 43.8 Å². The monoisotopic (exact) mass is 442 g/mol. The number of hydrogen-bond donors (Lipinski definition) is 0. The lowest BCUT2D eigenvalue weighted by Crippen LogP contribution is -2.32. The summed E-state index contributed by atoms with van der Waals surface area (Å²) in [5.41, 5.74) is 0. The standard InChI is InChI=1S/C27H38O5/c1-3-4-9-19(2)24(31-26-10-5-7-14-29-26)13-12-22-23-18-21(28)16-20(23)17-25(22)32-27-11-6-8-15-30-27/h19-20,22-27H,5-11,14-18H2,1-2H3/t19?,20-,22+,23-,24+,25+,26?,27?/m0/s1. The van der Waals surface area contributed by atoms with E-state index in [0.29, 0.717) is 30.5 Å². The molecular weight excluding hydrogens is 404 g/mol. The molecule has 2 saturated heterocycles. The quantitative estimate of drug-likeness (QED) is 0.568. The minimum atomic E-state index is -0.235. The van der Waals surface area contributed by atoms with Crippen molar-refractivity contribution in [2.45, 2.75) is 103 Å². The third kappa shape index (κ3) is 6.15. The Hall–Kier alpha value is -1.37. The molecule has 5 nitrogen and oxygen atoms in total. The average molecular weight is 443 g/mol. The molecule has 0 aromatic rings. The Morgan fingerprint density at radius 1 is 1.06 bits per heavy atom. The molecular formula is C27H38O5. The number of fused-ring (bicyclic) bond motifs is 1. The third-order valence-corrected chi connectivity index (χ3v) is 7.37. The van der Waals surface area contributed by atoms with E-state index in [1.807, 2.05) is 6.92 Å². The van der Waals surface area contributed by atoms with Crippen LogP contribution in [0.3, 0.4) is 0 Å². The van der Waals surface area contributed by atoms with Gasteiger partial charge in [-0.05, 0) is 63.7 Å². The number of ether oxygens (including phenoxy) is 4. The second kappa shape index (κ2) is 11.7. The zero-order valence-corrected chi connectivity index (χ0v) is 19.6. The first-order chi connectivity index (χ1) is 15.6. The number of rotatable bonds is 6. The predicted molar refractivity (Wildman–Crippen MR) is 121 cm³/mol. The SMILES string of the molecule is CC#CCC(C)[C@@H](C#C[C@@H]1[C@H]2CC(=O)C[C@H]2C[C@H]1OC1CCCCO1)OC1CCCCO1. The van der Waals surface area contributed by atoms with E-state index >= 15 is 0 Å². The number of Topliss-reactive ketones (excluding diaryl/α,β-unsaturated/α-hetero) is 1. The molecule has 0 spiro atoms. The summed E-state index contributed by atoms with van der Waals surface area (Å²) in [5.74, 6) is 14.5. The number of carbonyl (C=O) groups excluding carboxylic acids is 1. The Morgan fingerprint density at radius 2 is 1.81 bits per heavy atom. The second-order valence-corrected chi connectivity index (χ2v) is 9.85. The third-order valence-electron chi connectivity index (χ3n) is 7.37. The van der Waals surface area contributed by atoms with E-state index in [1.54, 1.807) is 0 Å². The van der Waals surface area contributed by atoms with Crippen molar-refractivity contribution >= 4 is 5.78 Å². The molecule has 3 unspecified atom stereocenters. The summed E-state index contributed by atoms with van der Waals surface area (Å²) in [7, 11) is 0. The van der Waals surface area contributed by atoms with Crippen LogP contribution >= 0.6 is 0 Å². The van der Waals surface area contributed by atoms with Gasteiger partial charge in [-0.3, -0.25) is 4.79 Å². The number of hydrogen-bond acceptors (Lipinski definition) is 5. The van der Waals surface area contributed by atoms with Gasteiger partial charge >= 0.3 is 0 Å². The van der Waals surface area contributed by atoms with E-state index in [9.17, 15) is 4.79 Å².